The summed E-state index contributed by atoms with van der Waals surface area (Å²) in [4.78, 5) is 0. The lowest BCUT2D eigenvalue weighted by Crippen LogP contribution is -2.76. The lowest BCUT2D eigenvalue weighted by Gasteiger charge is -2.45. The van der Waals surface area contributed by atoms with Crippen LogP contribution in [0.2, 0.25) is 0 Å². The number of unbranched alkanes of at least 4 members (excludes halogenated alkanes) is 2. The van der Waals surface area contributed by atoms with E-state index in [-0.39, 0.29) is 62.8 Å². The summed E-state index contributed by atoms with van der Waals surface area (Å²) < 4.78 is 302. The highest BCUT2D eigenvalue weighted by Gasteiger charge is 2.97. The van der Waals surface area contributed by atoms with Crippen molar-refractivity contribution in [2.24, 2.45) is 0 Å². The molecule has 2 rings (SSSR count). The topological polar surface area (TPSA) is 52.0 Å². The van der Waals surface area contributed by atoms with Crippen molar-refractivity contribution in [1.29, 1.82) is 0 Å². The van der Waals surface area contributed by atoms with Gasteiger partial charge in [0.15, 0.2) is 0 Å². The lowest BCUT2D eigenvalue weighted by molar-refractivity contribution is -0.470. The summed E-state index contributed by atoms with van der Waals surface area (Å²) in [5.74, 6) is -83.4. The molecule has 0 radical (unpaired) electrons. The Morgan fingerprint density at radius 2 is 0.583 bits per heavy atom. The first-order chi connectivity index (χ1) is 26.4. The highest BCUT2D eigenvalue weighted by molar-refractivity contribution is 5.60. The molecule has 0 atom stereocenters. The quantitative estimate of drug-likeness (QED) is 0.123. The van der Waals surface area contributed by atoms with Crippen LogP contribution in [0.15, 0.2) is 24.3 Å². The number of aryl methyl sites for hydroxylation is 2. The number of hydrogen-bond acceptors (Lipinski definition) is 2. The second-order valence-corrected chi connectivity index (χ2v) is 16.6. The van der Waals surface area contributed by atoms with E-state index in [2.05, 4.69) is 0 Å². The van der Waals surface area contributed by atoms with E-state index in [0.29, 0.717) is 0 Å². The van der Waals surface area contributed by atoms with Crippen molar-refractivity contribution in [1.82, 2.24) is 0 Å². The van der Waals surface area contributed by atoms with Crippen LogP contribution in [0.25, 0.3) is 0 Å². The van der Waals surface area contributed by atoms with Crippen molar-refractivity contribution in [3.63, 3.8) is 0 Å². The van der Waals surface area contributed by atoms with Crippen LogP contribution in [0.1, 0.15) is 114 Å². The third-order valence-electron chi connectivity index (χ3n) is 10.0. The van der Waals surface area contributed by atoms with Gasteiger partial charge >= 0.3 is 59.2 Å². The minimum Gasteiger partial charge on any atom is -0.398 e. The molecule has 0 aliphatic rings. The van der Waals surface area contributed by atoms with Crippen molar-refractivity contribution in [2.45, 2.75) is 164 Å². The van der Waals surface area contributed by atoms with E-state index in [4.69, 9.17) is 11.5 Å². The molecule has 0 unspecified atom stereocenters. The number of hydrogen-bond donors (Lipinski definition) is 2. The number of anilines is 2. The van der Waals surface area contributed by atoms with Gasteiger partial charge in [0.25, 0.3) is 0 Å². The maximum absolute atomic E-state index is 15.4. The highest BCUT2D eigenvalue weighted by Crippen LogP contribution is 2.68. The van der Waals surface area contributed by atoms with Gasteiger partial charge in [-0.3, -0.25) is 0 Å². The molecule has 22 heteroatoms. The van der Waals surface area contributed by atoms with Crippen LogP contribution in [-0.4, -0.2) is 47.4 Å². The SMILES string of the molecule is CCCCc1cc(C(F)(F)C(F)(F)C(F)(F)C(F)(F)C(F)(F)C(F)(F)C(F)(F)C(F)(F)C(F)(F)C(F)(F)c2cc(CCCC)c(N)c(C(C)(C)C)c2)cc(C(C)(C)C)c1N. The van der Waals surface area contributed by atoms with Crippen molar-refractivity contribution in [3.05, 3.63) is 57.6 Å². The highest BCUT2D eigenvalue weighted by atomic mass is 19.4. The molecule has 60 heavy (non-hydrogen) atoms. The molecule has 0 spiro atoms. The maximum atomic E-state index is 15.4. The van der Waals surface area contributed by atoms with Crippen LogP contribution in [0.3, 0.4) is 0 Å². The normalized spacial score (nSPS) is 15.2. The molecule has 0 fully saturated rings. The van der Waals surface area contributed by atoms with Gasteiger partial charge in [0.1, 0.15) is 0 Å². The molecule has 0 aliphatic heterocycles. The van der Waals surface area contributed by atoms with Gasteiger partial charge in [-0.2, -0.15) is 87.8 Å². The fourth-order valence-corrected chi connectivity index (χ4v) is 6.12. The number of alkyl halides is 20. The number of rotatable bonds is 17. The van der Waals surface area contributed by atoms with Crippen molar-refractivity contribution in [2.75, 3.05) is 11.5 Å². The first-order valence-electron chi connectivity index (χ1n) is 18.0. The summed E-state index contributed by atoms with van der Waals surface area (Å²) in [5.41, 5.74) is 1.26. The molecule has 2 aromatic carbocycles. The Bertz CT molecular complexity index is 1720. The molecule has 0 heterocycles. The standard InChI is InChI=1S/C38H44F20N2/c1-9-11-13-19-15-21(17-23(25(19)59)27(3,4)5)29(39,40)31(43,44)33(47,48)35(51,52)37(55,56)38(57,58)36(53,54)34(49,50)32(45,46)30(41,42)22-16-20(14-12-10-2)26(60)24(18-22)28(6,7)8/h15-18H,9-14,59-60H2,1-8H3. The second kappa shape index (κ2) is 15.8. The van der Waals surface area contributed by atoms with E-state index in [1.54, 1.807) is 0 Å². The van der Waals surface area contributed by atoms with Crippen LogP contribution >= 0.6 is 0 Å². The van der Waals surface area contributed by atoms with Gasteiger partial charge in [0.05, 0.1) is 0 Å². The summed E-state index contributed by atoms with van der Waals surface area (Å²) in [6.07, 6.45) is -0.169. The third kappa shape index (κ3) is 7.84. The molecule has 0 aromatic heterocycles. The molecule has 0 amide bonds. The number of benzene rings is 2. The van der Waals surface area contributed by atoms with E-state index in [1.807, 2.05) is 0 Å². The first-order valence-corrected chi connectivity index (χ1v) is 18.0. The molecular formula is C38H44F20N2. The third-order valence-corrected chi connectivity index (χ3v) is 10.0. The van der Waals surface area contributed by atoms with Crippen molar-refractivity contribution in [3.8, 4) is 0 Å². The Balaban J connectivity index is 2.86. The Morgan fingerprint density at radius 1 is 0.367 bits per heavy atom. The van der Waals surface area contributed by atoms with E-state index < -0.39 is 115 Å². The minimum atomic E-state index is -9.14. The summed E-state index contributed by atoms with van der Waals surface area (Å²) in [7, 11) is 0. The van der Waals surface area contributed by atoms with E-state index in [0.717, 1.165) is 0 Å². The molecule has 0 saturated heterocycles. The summed E-state index contributed by atoms with van der Waals surface area (Å²) >= 11 is 0. The molecule has 0 aliphatic carbocycles. The predicted molar refractivity (Wildman–Crippen MR) is 184 cm³/mol. The number of nitrogens with two attached hydrogens (primary N) is 2. The Labute approximate surface area is 332 Å². The summed E-state index contributed by atoms with van der Waals surface area (Å²) in [6.45, 7) is 10.2. The molecular weight excluding hydrogens is 864 g/mol. The molecule has 2 aromatic rings. The largest absolute Gasteiger partial charge is 0.398 e. The van der Waals surface area contributed by atoms with E-state index >= 15 is 35.1 Å². The Hall–Kier alpha value is -3.36. The second-order valence-electron chi connectivity index (χ2n) is 16.6. The minimum absolute atomic E-state index is 0.0373. The van der Waals surface area contributed by atoms with Crippen LogP contribution in [0.4, 0.5) is 99.2 Å². The van der Waals surface area contributed by atoms with Crippen molar-refractivity contribution < 1.29 is 87.8 Å². The van der Waals surface area contributed by atoms with Gasteiger partial charge in [0.2, 0.25) is 0 Å². The van der Waals surface area contributed by atoms with Gasteiger partial charge in [-0.25, -0.2) is 0 Å². The average Bonchev–Trinajstić information content (AvgIpc) is 3.08. The fourth-order valence-electron chi connectivity index (χ4n) is 6.12. The lowest BCUT2D eigenvalue weighted by atomic mass is 9.79. The predicted octanol–water partition coefficient (Wildman–Crippen LogP) is 14.1. The monoisotopic (exact) mass is 908 g/mol. The van der Waals surface area contributed by atoms with Gasteiger partial charge in [0, 0.05) is 22.5 Å². The summed E-state index contributed by atoms with van der Waals surface area (Å²) in [5, 5.41) is 0. The zero-order valence-electron chi connectivity index (χ0n) is 33.3. The zero-order valence-corrected chi connectivity index (χ0v) is 33.3. The molecule has 0 bridgehead atoms. The van der Waals surface area contributed by atoms with Crippen LogP contribution in [0.5, 0.6) is 0 Å². The van der Waals surface area contributed by atoms with Gasteiger partial charge in [-0.05, 0) is 83.0 Å². The Kier molecular flexibility index (Phi) is 13.9. The van der Waals surface area contributed by atoms with E-state index in [1.165, 1.54) is 55.4 Å². The molecule has 0 saturated carbocycles. The zero-order chi connectivity index (χ0) is 47.7. The van der Waals surface area contributed by atoms with Crippen LogP contribution < -0.4 is 11.5 Å². The molecule has 2 nitrogen and oxygen atoms in total. The summed E-state index contributed by atoms with van der Waals surface area (Å²) in [6, 6.07) is -0.168. The van der Waals surface area contributed by atoms with E-state index in [9.17, 15) is 52.7 Å². The van der Waals surface area contributed by atoms with Gasteiger partial charge in [-0.1, -0.05) is 68.2 Å². The smallest absolute Gasteiger partial charge is 0.385 e. The van der Waals surface area contributed by atoms with Gasteiger partial charge < -0.3 is 11.5 Å². The van der Waals surface area contributed by atoms with Crippen LogP contribution in [-0.2, 0) is 35.5 Å². The van der Waals surface area contributed by atoms with Gasteiger partial charge in [-0.15, -0.1) is 0 Å². The average molecular weight is 909 g/mol. The Morgan fingerprint density at radius 3 is 0.783 bits per heavy atom. The molecule has 346 valence electrons. The molecule has 4 N–H and O–H groups in total. The fraction of sp³-hybridized carbons (Fsp3) is 0.684. The number of nitrogen functional groups attached to an aromatic ring is 2. The first kappa shape index (κ1) is 52.8. The van der Waals surface area contributed by atoms with Crippen molar-refractivity contribution >= 4 is 11.4 Å². The number of halogens is 20. The van der Waals surface area contributed by atoms with Crippen LogP contribution in [0, 0.1) is 0 Å². The maximum Gasteiger partial charge on any atom is 0.385 e.